The van der Waals surface area contributed by atoms with Gasteiger partial charge in [0.05, 0.1) is 18.4 Å². The molecule has 0 aliphatic carbocycles. The number of para-hydroxylation sites is 1. The van der Waals surface area contributed by atoms with Gasteiger partial charge in [-0.15, -0.1) is 0 Å². The van der Waals surface area contributed by atoms with Crippen molar-refractivity contribution in [1.82, 2.24) is 10.7 Å². The summed E-state index contributed by atoms with van der Waals surface area (Å²) in [5, 5.41) is 6.85. The van der Waals surface area contributed by atoms with Crippen molar-refractivity contribution in [3.8, 4) is 5.75 Å². The van der Waals surface area contributed by atoms with Gasteiger partial charge in [0.1, 0.15) is 5.75 Å². The van der Waals surface area contributed by atoms with Crippen molar-refractivity contribution < 1.29 is 9.53 Å². The number of unbranched alkanes of at least 4 members (excludes halogenated alkanes) is 3. The molecule has 0 spiro atoms. The minimum absolute atomic E-state index is 0.226. The molecule has 0 heterocycles. The molecule has 0 bridgehead atoms. The predicted octanol–water partition coefficient (Wildman–Crippen LogP) is 2.91. The number of rotatable bonds is 9. The minimum atomic E-state index is -0.226. The first kappa shape index (κ1) is 18.1. The van der Waals surface area contributed by atoms with E-state index in [1.807, 2.05) is 6.07 Å². The van der Waals surface area contributed by atoms with Gasteiger partial charge in [-0.25, -0.2) is 0 Å². The van der Waals surface area contributed by atoms with Gasteiger partial charge in [0.2, 0.25) is 5.78 Å². The van der Waals surface area contributed by atoms with E-state index in [1.54, 1.807) is 25.2 Å². The number of nitrogens with one attached hydrogen (secondary N) is 2. The number of ether oxygens (including phenoxy) is 1. The van der Waals surface area contributed by atoms with Crippen LogP contribution in [0.5, 0.6) is 5.75 Å². The molecule has 0 aliphatic rings. The molecule has 0 saturated carbocycles. The number of carbonyl (C=O) groups is 1. The molecule has 0 aliphatic heterocycles. The van der Waals surface area contributed by atoms with E-state index >= 15 is 0 Å². The number of benzene rings is 1. The summed E-state index contributed by atoms with van der Waals surface area (Å²) in [5.74, 6) is 0.363. The molecule has 0 saturated heterocycles. The largest absolute Gasteiger partial charge is 0.493 e. The molecule has 0 atom stereocenters. The van der Waals surface area contributed by atoms with E-state index in [-0.39, 0.29) is 5.78 Å². The quantitative estimate of drug-likeness (QED) is 0.241. The van der Waals surface area contributed by atoms with E-state index in [4.69, 9.17) is 17.0 Å². The third-order valence-electron chi connectivity index (χ3n) is 2.98. The maximum absolute atomic E-state index is 12.1. The Bertz CT molecular complexity index is 518. The summed E-state index contributed by atoms with van der Waals surface area (Å²) in [4.78, 5) is 12.1. The predicted molar refractivity (Wildman–Crippen MR) is 93.7 cm³/mol. The van der Waals surface area contributed by atoms with E-state index in [9.17, 15) is 4.79 Å². The molecule has 5 nitrogen and oxygen atoms in total. The molecule has 22 heavy (non-hydrogen) atoms. The van der Waals surface area contributed by atoms with Crippen molar-refractivity contribution >= 4 is 29.3 Å². The molecule has 0 radical (unpaired) electrons. The van der Waals surface area contributed by atoms with Crippen LogP contribution < -0.4 is 15.5 Å². The Hall–Kier alpha value is -1.95. The number of thiocarbonyl (C=S) groups is 1. The smallest absolute Gasteiger partial charge is 0.209 e. The summed E-state index contributed by atoms with van der Waals surface area (Å²) in [6.07, 6.45) is 5.71. The molecule has 0 aromatic heterocycles. The minimum Gasteiger partial charge on any atom is -0.493 e. The number of hydrogen-bond acceptors (Lipinski definition) is 4. The third kappa shape index (κ3) is 6.67. The highest BCUT2D eigenvalue weighted by Gasteiger charge is 2.10. The van der Waals surface area contributed by atoms with Crippen molar-refractivity contribution in [2.24, 2.45) is 5.10 Å². The molecular formula is C16H23N3O2S. The van der Waals surface area contributed by atoms with Gasteiger partial charge < -0.3 is 10.1 Å². The van der Waals surface area contributed by atoms with Crippen LogP contribution >= 0.6 is 12.2 Å². The second-order valence-corrected chi connectivity index (χ2v) is 5.13. The number of nitrogens with zero attached hydrogens (tertiary/aromatic N) is 1. The molecule has 0 fully saturated rings. The van der Waals surface area contributed by atoms with E-state index in [0.717, 1.165) is 12.8 Å². The summed E-state index contributed by atoms with van der Waals surface area (Å²) >= 11 is 4.87. The Balaban J connectivity index is 2.58. The average molecular weight is 321 g/mol. The SMILES string of the molecule is CCCCCCOc1ccccc1C(=O)/C=N/NC(=S)NC. The van der Waals surface area contributed by atoms with Crippen molar-refractivity contribution in [2.45, 2.75) is 32.6 Å². The molecule has 1 aromatic rings. The molecular weight excluding hydrogens is 298 g/mol. The first-order chi connectivity index (χ1) is 10.7. The number of hydrogen-bond donors (Lipinski definition) is 2. The highest BCUT2D eigenvalue weighted by Crippen LogP contribution is 2.18. The number of hydrazone groups is 1. The summed E-state index contributed by atoms with van der Waals surface area (Å²) in [5.41, 5.74) is 3.05. The molecule has 0 unspecified atom stereocenters. The molecule has 120 valence electrons. The second-order valence-electron chi connectivity index (χ2n) is 4.72. The topological polar surface area (TPSA) is 62.7 Å². The molecule has 1 rings (SSSR count). The van der Waals surface area contributed by atoms with Gasteiger partial charge in [0, 0.05) is 7.05 Å². The Labute approximate surface area is 137 Å². The van der Waals surface area contributed by atoms with Crippen LogP contribution in [-0.2, 0) is 0 Å². The average Bonchev–Trinajstić information content (AvgIpc) is 2.54. The fourth-order valence-corrected chi connectivity index (χ4v) is 1.83. The number of Topliss-reactive ketones (excluding diaryl/α,β-unsaturated/α-hetero) is 1. The van der Waals surface area contributed by atoms with Crippen molar-refractivity contribution in [1.29, 1.82) is 0 Å². The first-order valence-electron chi connectivity index (χ1n) is 7.46. The van der Waals surface area contributed by atoms with E-state index in [2.05, 4.69) is 22.8 Å². The van der Waals surface area contributed by atoms with Gasteiger partial charge in [-0.3, -0.25) is 10.2 Å². The second kappa shape index (κ2) is 10.7. The normalized spacial score (nSPS) is 10.5. The summed E-state index contributed by atoms with van der Waals surface area (Å²) in [7, 11) is 1.67. The zero-order valence-electron chi connectivity index (χ0n) is 13.1. The van der Waals surface area contributed by atoms with E-state index < -0.39 is 0 Å². The first-order valence-corrected chi connectivity index (χ1v) is 7.86. The zero-order chi connectivity index (χ0) is 16.2. The fraction of sp³-hybridized carbons (Fsp3) is 0.438. The maximum atomic E-state index is 12.1. The summed E-state index contributed by atoms with van der Waals surface area (Å²) in [6, 6.07) is 7.18. The van der Waals surface area contributed by atoms with Crippen LogP contribution in [-0.4, -0.2) is 30.8 Å². The lowest BCUT2D eigenvalue weighted by atomic mass is 10.1. The van der Waals surface area contributed by atoms with Gasteiger partial charge in [-0.1, -0.05) is 38.3 Å². The molecule has 1 aromatic carbocycles. The monoisotopic (exact) mass is 321 g/mol. The van der Waals surface area contributed by atoms with E-state index in [0.29, 0.717) is 23.0 Å². The molecule has 2 N–H and O–H groups in total. The lowest BCUT2D eigenvalue weighted by Crippen LogP contribution is -2.28. The van der Waals surface area contributed by atoms with Gasteiger partial charge in [-0.2, -0.15) is 5.10 Å². The van der Waals surface area contributed by atoms with Crippen LogP contribution in [0, 0.1) is 0 Å². The van der Waals surface area contributed by atoms with Crippen LogP contribution in [0.2, 0.25) is 0 Å². The Morgan fingerprint density at radius 3 is 2.82 bits per heavy atom. The Morgan fingerprint density at radius 2 is 2.09 bits per heavy atom. The van der Waals surface area contributed by atoms with Gasteiger partial charge in [0.25, 0.3) is 0 Å². The maximum Gasteiger partial charge on any atom is 0.209 e. The number of carbonyl (C=O) groups excluding carboxylic acids is 1. The fourth-order valence-electron chi connectivity index (χ4n) is 1.78. The summed E-state index contributed by atoms with van der Waals surface area (Å²) in [6.45, 7) is 2.78. The lowest BCUT2D eigenvalue weighted by Gasteiger charge is -2.09. The lowest BCUT2D eigenvalue weighted by molar-refractivity contribution is 0.106. The van der Waals surface area contributed by atoms with Crippen LogP contribution in [0.1, 0.15) is 43.0 Å². The van der Waals surface area contributed by atoms with Crippen molar-refractivity contribution in [2.75, 3.05) is 13.7 Å². The van der Waals surface area contributed by atoms with Crippen LogP contribution in [0.25, 0.3) is 0 Å². The Kier molecular flexibility index (Phi) is 8.83. The van der Waals surface area contributed by atoms with Gasteiger partial charge in [-0.05, 0) is 30.8 Å². The van der Waals surface area contributed by atoms with Crippen LogP contribution in [0.15, 0.2) is 29.4 Å². The number of ketones is 1. The molecule has 0 amide bonds. The summed E-state index contributed by atoms with van der Waals surface area (Å²) < 4.78 is 5.71. The van der Waals surface area contributed by atoms with Gasteiger partial charge in [0.15, 0.2) is 5.11 Å². The standard InChI is InChI=1S/C16H23N3O2S/c1-3-4-5-8-11-21-15-10-7-6-9-13(15)14(20)12-18-19-16(22)17-2/h6-7,9-10,12H,3-5,8,11H2,1-2H3,(H2,17,19,22)/b18-12+. The van der Waals surface area contributed by atoms with E-state index in [1.165, 1.54) is 19.1 Å². The third-order valence-corrected chi connectivity index (χ3v) is 3.28. The van der Waals surface area contributed by atoms with Crippen molar-refractivity contribution in [3.05, 3.63) is 29.8 Å². The highest BCUT2D eigenvalue weighted by atomic mass is 32.1. The van der Waals surface area contributed by atoms with Crippen molar-refractivity contribution in [3.63, 3.8) is 0 Å². The van der Waals surface area contributed by atoms with Gasteiger partial charge >= 0.3 is 0 Å². The highest BCUT2D eigenvalue weighted by molar-refractivity contribution is 7.80. The zero-order valence-corrected chi connectivity index (χ0v) is 13.9. The van der Waals surface area contributed by atoms with Crippen LogP contribution in [0.4, 0.5) is 0 Å². The Morgan fingerprint density at radius 1 is 1.32 bits per heavy atom. The van der Waals surface area contributed by atoms with Crippen LogP contribution in [0.3, 0.4) is 0 Å². The molecule has 6 heteroatoms.